The monoisotopic (exact) mass is 700 g/mol. The Kier molecular flexibility index (Phi) is 10.2. The standard InChI is InChI=1S/C44H38Cl2O4/c1-5-43(3,46)35-17-7-29(8-18-35)42(48)32-13-23-38(24-14-32)49-39-25-15-34-28-40(26-16-33(34)27-39)50-44(4,6-2)36-19-9-30(10-20-36)41(47)31-11-21-37(45)22-12-31/h7-28H,5-6H2,1-4H3. The summed E-state index contributed by atoms with van der Waals surface area (Å²) in [6, 6.07) is 41.1. The summed E-state index contributed by atoms with van der Waals surface area (Å²) in [4.78, 5) is 25.6. The van der Waals surface area contributed by atoms with E-state index >= 15 is 0 Å². The third-order valence-corrected chi connectivity index (χ3v) is 10.2. The molecule has 4 nitrogen and oxygen atoms in total. The number of ketones is 2. The Morgan fingerprint density at radius 2 is 0.960 bits per heavy atom. The number of hydrogen-bond acceptors (Lipinski definition) is 4. The molecule has 0 N–H and O–H groups in total. The highest BCUT2D eigenvalue weighted by atomic mass is 35.5. The van der Waals surface area contributed by atoms with Gasteiger partial charge in [-0.3, -0.25) is 9.59 Å². The second kappa shape index (κ2) is 14.5. The number of hydrogen-bond donors (Lipinski definition) is 0. The van der Waals surface area contributed by atoms with Crippen LogP contribution in [0.15, 0.2) is 133 Å². The van der Waals surface area contributed by atoms with Gasteiger partial charge in [0.25, 0.3) is 0 Å². The molecule has 0 bridgehead atoms. The SMILES string of the molecule is CCC(C)(Cl)c1ccc(C(=O)c2ccc(Oc3ccc4cc(OC(C)(CC)c5ccc(C(=O)c6ccc(Cl)cc6)cc5)ccc4c3)cc2)cc1. The van der Waals surface area contributed by atoms with Crippen LogP contribution >= 0.6 is 23.2 Å². The smallest absolute Gasteiger partial charge is 0.193 e. The summed E-state index contributed by atoms with van der Waals surface area (Å²) >= 11 is 12.6. The van der Waals surface area contributed by atoms with Crippen molar-refractivity contribution in [3.8, 4) is 17.2 Å². The largest absolute Gasteiger partial charge is 0.483 e. The van der Waals surface area contributed by atoms with E-state index in [2.05, 4.69) is 13.8 Å². The fourth-order valence-corrected chi connectivity index (χ4v) is 6.07. The highest BCUT2D eigenvalue weighted by Crippen LogP contribution is 2.35. The van der Waals surface area contributed by atoms with E-state index in [0.29, 0.717) is 38.8 Å². The Bertz CT molecular complexity index is 2140. The quantitative estimate of drug-likeness (QED) is 0.0941. The molecular formula is C44H38Cl2O4. The van der Waals surface area contributed by atoms with Crippen LogP contribution in [-0.2, 0) is 10.5 Å². The number of alkyl halides is 1. The zero-order chi connectivity index (χ0) is 35.5. The van der Waals surface area contributed by atoms with Crippen LogP contribution < -0.4 is 9.47 Å². The minimum absolute atomic E-state index is 0.0539. The van der Waals surface area contributed by atoms with Gasteiger partial charge >= 0.3 is 0 Å². The maximum atomic E-state index is 13.1. The van der Waals surface area contributed by atoms with E-state index in [1.165, 1.54) is 0 Å². The fraction of sp³-hybridized carbons (Fsp3) is 0.182. The number of halogens is 2. The molecule has 0 fully saturated rings. The van der Waals surface area contributed by atoms with Crippen LogP contribution in [-0.4, -0.2) is 11.6 Å². The lowest BCUT2D eigenvalue weighted by molar-refractivity contribution is 0.0826. The van der Waals surface area contributed by atoms with E-state index in [9.17, 15) is 9.59 Å². The number of carbonyl (C=O) groups excluding carboxylic acids is 2. The summed E-state index contributed by atoms with van der Waals surface area (Å²) in [5, 5.41) is 2.61. The third-order valence-electron chi connectivity index (χ3n) is 9.43. The lowest BCUT2D eigenvalue weighted by Gasteiger charge is -2.30. The van der Waals surface area contributed by atoms with Crippen molar-refractivity contribution in [1.29, 1.82) is 0 Å². The lowest BCUT2D eigenvalue weighted by atomic mass is 9.91. The predicted molar refractivity (Wildman–Crippen MR) is 203 cm³/mol. The van der Waals surface area contributed by atoms with Crippen molar-refractivity contribution in [2.45, 2.75) is 51.0 Å². The number of ether oxygens (including phenoxy) is 2. The lowest BCUT2D eigenvalue weighted by Crippen LogP contribution is -2.28. The van der Waals surface area contributed by atoms with Gasteiger partial charge in [0.05, 0.1) is 4.87 Å². The van der Waals surface area contributed by atoms with Crippen molar-refractivity contribution in [2.24, 2.45) is 0 Å². The Morgan fingerprint density at radius 3 is 1.46 bits per heavy atom. The Hall–Kier alpha value is -4.90. The molecule has 0 amide bonds. The normalized spacial score (nSPS) is 13.6. The highest BCUT2D eigenvalue weighted by molar-refractivity contribution is 6.30. The van der Waals surface area contributed by atoms with Crippen molar-refractivity contribution < 1.29 is 19.1 Å². The minimum atomic E-state index is -0.601. The Labute approximate surface area is 303 Å². The Balaban J connectivity index is 1.11. The second-order valence-corrected chi connectivity index (χ2v) is 14.1. The van der Waals surface area contributed by atoms with Crippen molar-refractivity contribution in [1.82, 2.24) is 0 Å². The molecule has 0 radical (unpaired) electrons. The molecule has 6 rings (SSSR count). The van der Waals surface area contributed by atoms with E-state index in [-0.39, 0.29) is 11.6 Å². The van der Waals surface area contributed by atoms with Gasteiger partial charge in [-0.25, -0.2) is 0 Å². The van der Waals surface area contributed by atoms with Crippen molar-refractivity contribution >= 4 is 45.5 Å². The molecule has 252 valence electrons. The molecule has 6 aromatic carbocycles. The zero-order valence-corrected chi connectivity index (χ0v) is 30.0. The number of benzene rings is 6. The van der Waals surface area contributed by atoms with E-state index < -0.39 is 10.5 Å². The van der Waals surface area contributed by atoms with Crippen LogP contribution in [0.4, 0.5) is 0 Å². The minimum Gasteiger partial charge on any atom is -0.483 e. The highest BCUT2D eigenvalue weighted by Gasteiger charge is 2.27. The first-order chi connectivity index (χ1) is 24.0. The van der Waals surface area contributed by atoms with Gasteiger partial charge in [0.2, 0.25) is 0 Å². The second-order valence-electron chi connectivity index (χ2n) is 12.9. The van der Waals surface area contributed by atoms with Gasteiger partial charge < -0.3 is 9.47 Å². The number of fused-ring (bicyclic) bond motifs is 1. The summed E-state index contributed by atoms with van der Waals surface area (Å²) in [6.45, 7) is 8.16. The molecule has 2 atom stereocenters. The van der Waals surface area contributed by atoms with Crippen LogP contribution in [0.3, 0.4) is 0 Å². The van der Waals surface area contributed by atoms with E-state index in [4.69, 9.17) is 32.7 Å². The summed E-state index contributed by atoms with van der Waals surface area (Å²) in [6.07, 6.45) is 1.52. The first-order valence-corrected chi connectivity index (χ1v) is 17.5. The predicted octanol–water partition coefficient (Wildman–Crippen LogP) is 12.3. The molecule has 0 spiro atoms. The first kappa shape index (κ1) is 34.9. The van der Waals surface area contributed by atoms with Gasteiger partial charge in [0, 0.05) is 27.3 Å². The maximum absolute atomic E-state index is 13.1. The molecule has 0 aliphatic heterocycles. The van der Waals surface area contributed by atoms with Gasteiger partial charge in [-0.1, -0.05) is 86.1 Å². The number of carbonyl (C=O) groups is 2. The van der Waals surface area contributed by atoms with E-state index in [0.717, 1.165) is 40.5 Å². The van der Waals surface area contributed by atoms with Crippen molar-refractivity contribution in [3.05, 3.63) is 172 Å². The summed E-state index contributed by atoms with van der Waals surface area (Å²) in [5.74, 6) is 1.96. The molecule has 0 aromatic heterocycles. The third kappa shape index (κ3) is 7.62. The van der Waals surface area contributed by atoms with Crippen LogP contribution in [0.1, 0.15) is 83.5 Å². The summed E-state index contributed by atoms with van der Waals surface area (Å²) < 4.78 is 12.7. The first-order valence-electron chi connectivity index (χ1n) is 16.7. The topological polar surface area (TPSA) is 52.6 Å². The van der Waals surface area contributed by atoms with Gasteiger partial charge in [-0.05, 0) is 121 Å². The van der Waals surface area contributed by atoms with Crippen LogP contribution in [0.2, 0.25) is 5.02 Å². The fourth-order valence-electron chi connectivity index (χ4n) is 5.82. The molecule has 0 aliphatic carbocycles. The van der Waals surface area contributed by atoms with Crippen LogP contribution in [0.25, 0.3) is 10.8 Å². The molecule has 0 aliphatic rings. The van der Waals surface area contributed by atoms with Crippen molar-refractivity contribution in [3.63, 3.8) is 0 Å². The molecule has 0 saturated carbocycles. The molecular weight excluding hydrogens is 663 g/mol. The average molecular weight is 702 g/mol. The van der Waals surface area contributed by atoms with Crippen LogP contribution in [0, 0.1) is 0 Å². The number of rotatable bonds is 12. The van der Waals surface area contributed by atoms with Gasteiger partial charge in [0.1, 0.15) is 22.8 Å². The van der Waals surface area contributed by atoms with Crippen LogP contribution in [0.5, 0.6) is 17.2 Å². The molecule has 0 heterocycles. The van der Waals surface area contributed by atoms with E-state index in [1.807, 2.05) is 98.8 Å². The molecule has 6 aromatic rings. The zero-order valence-electron chi connectivity index (χ0n) is 28.5. The van der Waals surface area contributed by atoms with Gasteiger partial charge in [-0.2, -0.15) is 0 Å². The molecule has 0 saturated heterocycles. The van der Waals surface area contributed by atoms with Gasteiger partial charge in [0.15, 0.2) is 11.6 Å². The summed E-state index contributed by atoms with van der Waals surface area (Å²) in [7, 11) is 0. The molecule has 50 heavy (non-hydrogen) atoms. The molecule has 6 heteroatoms. The Morgan fingerprint density at radius 1 is 0.540 bits per heavy atom. The average Bonchev–Trinajstić information content (AvgIpc) is 3.15. The van der Waals surface area contributed by atoms with Crippen molar-refractivity contribution in [2.75, 3.05) is 0 Å². The maximum Gasteiger partial charge on any atom is 0.193 e. The molecule has 2 unspecified atom stereocenters. The summed E-state index contributed by atoms with van der Waals surface area (Å²) in [5.41, 5.74) is 3.77. The van der Waals surface area contributed by atoms with E-state index in [1.54, 1.807) is 48.5 Å². The van der Waals surface area contributed by atoms with Gasteiger partial charge in [-0.15, -0.1) is 11.6 Å².